The first-order valence-corrected chi connectivity index (χ1v) is 5.45. The predicted octanol–water partition coefficient (Wildman–Crippen LogP) is 2.02. The van der Waals surface area contributed by atoms with Crippen LogP contribution >= 0.6 is 0 Å². The largest absolute Gasteiger partial charge is 0.456 e. The van der Waals surface area contributed by atoms with Crippen LogP contribution in [0.4, 0.5) is 4.79 Å². The highest BCUT2D eigenvalue weighted by molar-refractivity contribution is 5.69. The zero-order chi connectivity index (χ0) is 13.6. The second-order valence-electron chi connectivity index (χ2n) is 4.74. The van der Waals surface area contributed by atoms with E-state index in [1.54, 1.807) is 27.7 Å². The standard InChI is InChI=1S/C12H21NO4/c1-7-10(16-9(3)14)8(2)13-11(15)17-12(4,5)6/h7-8,10H,1H2,2-6H3,(H,13,15)/t8-,10-/m0/s1. The molecule has 0 aromatic carbocycles. The van der Waals surface area contributed by atoms with Crippen molar-refractivity contribution in [2.45, 2.75) is 52.4 Å². The van der Waals surface area contributed by atoms with Gasteiger partial charge in [0.05, 0.1) is 6.04 Å². The van der Waals surface area contributed by atoms with Gasteiger partial charge in [0.2, 0.25) is 0 Å². The molecular weight excluding hydrogens is 222 g/mol. The van der Waals surface area contributed by atoms with E-state index < -0.39 is 29.8 Å². The Morgan fingerprint density at radius 2 is 1.88 bits per heavy atom. The molecule has 1 N–H and O–H groups in total. The minimum absolute atomic E-state index is 0.397. The van der Waals surface area contributed by atoms with Crippen molar-refractivity contribution in [3.63, 3.8) is 0 Å². The molecule has 5 heteroatoms. The van der Waals surface area contributed by atoms with E-state index in [-0.39, 0.29) is 0 Å². The second-order valence-corrected chi connectivity index (χ2v) is 4.74. The summed E-state index contributed by atoms with van der Waals surface area (Å²) in [4.78, 5) is 22.3. The number of carbonyl (C=O) groups excluding carboxylic acids is 2. The molecule has 0 unspecified atom stereocenters. The topological polar surface area (TPSA) is 64.6 Å². The Morgan fingerprint density at radius 3 is 2.24 bits per heavy atom. The van der Waals surface area contributed by atoms with Gasteiger partial charge < -0.3 is 14.8 Å². The second kappa shape index (κ2) is 6.27. The third-order valence-corrected chi connectivity index (χ3v) is 1.77. The van der Waals surface area contributed by atoms with Gasteiger partial charge >= 0.3 is 12.1 Å². The third kappa shape index (κ3) is 7.38. The van der Waals surface area contributed by atoms with Gasteiger partial charge in [-0.25, -0.2) is 4.79 Å². The molecule has 0 saturated carbocycles. The molecule has 0 rings (SSSR count). The zero-order valence-corrected chi connectivity index (χ0v) is 11.1. The number of ether oxygens (including phenoxy) is 2. The number of nitrogens with one attached hydrogen (secondary N) is 1. The lowest BCUT2D eigenvalue weighted by Crippen LogP contribution is -2.44. The summed E-state index contributed by atoms with van der Waals surface area (Å²) in [7, 11) is 0. The summed E-state index contributed by atoms with van der Waals surface area (Å²) in [5.74, 6) is -0.423. The van der Waals surface area contributed by atoms with Crippen molar-refractivity contribution in [3.05, 3.63) is 12.7 Å². The lowest BCUT2D eigenvalue weighted by Gasteiger charge is -2.24. The van der Waals surface area contributed by atoms with Gasteiger partial charge in [-0.1, -0.05) is 6.58 Å². The van der Waals surface area contributed by atoms with Crippen LogP contribution in [-0.2, 0) is 14.3 Å². The molecule has 5 nitrogen and oxygen atoms in total. The Morgan fingerprint density at radius 1 is 1.35 bits per heavy atom. The van der Waals surface area contributed by atoms with Gasteiger partial charge in [0.15, 0.2) is 0 Å². The molecule has 2 atom stereocenters. The van der Waals surface area contributed by atoms with E-state index in [1.165, 1.54) is 13.0 Å². The smallest absolute Gasteiger partial charge is 0.408 e. The van der Waals surface area contributed by atoms with Crippen LogP contribution in [0.15, 0.2) is 12.7 Å². The van der Waals surface area contributed by atoms with Gasteiger partial charge in [-0.05, 0) is 33.8 Å². The molecule has 0 aliphatic heterocycles. The van der Waals surface area contributed by atoms with E-state index in [0.717, 1.165) is 0 Å². The van der Waals surface area contributed by atoms with Crippen molar-refractivity contribution in [1.82, 2.24) is 5.32 Å². The zero-order valence-electron chi connectivity index (χ0n) is 11.1. The first-order valence-electron chi connectivity index (χ1n) is 5.45. The fraction of sp³-hybridized carbons (Fsp3) is 0.667. The molecule has 17 heavy (non-hydrogen) atoms. The van der Waals surface area contributed by atoms with Gasteiger partial charge in [-0.2, -0.15) is 0 Å². The van der Waals surface area contributed by atoms with Gasteiger partial charge in [0, 0.05) is 6.92 Å². The number of hydrogen-bond acceptors (Lipinski definition) is 4. The molecule has 0 radical (unpaired) electrons. The van der Waals surface area contributed by atoms with E-state index in [2.05, 4.69) is 11.9 Å². The number of carbonyl (C=O) groups is 2. The fourth-order valence-electron chi connectivity index (χ4n) is 1.12. The lowest BCUT2D eigenvalue weighted by atomic mass is 10.2. The van der Waals surface area contributed by atoms with E-state index in [4.69, 9.17) is 9.47 Å². The number of rotatable bonds is 4. The summed E-state index contributed by atoms with van der Waals surface area (Å²) in [6, 6.07) is -0.397. The van der Waals surface area contributed by atoms with Crippen molar-refractivity contribution in [3.8, 4) is 0 Å². The first kappa shape index (κ1) is 15.5. The summed E-state index contributed by atoms with van der Waals surface area (Å²) in [6.45, 7) is 11.9. The third-order valence-electron chi connectivity index (χ3n) is 1.77. The van der Waals surface area contributed by atoms with Crippen LogP contribution in [0.1, 0.15) is 34.6 Å². The van der Waals surface area contributed by atoms with Crippen molar-refractivity contribution in [2.75, 3.05) is 0 Å². The van der Waals surface area contributed by atoms with Gasteiger partial charge in [0.1, 0.15) is 11.7 Å². The Bertz CT molecular complexity index is 293. The maximum Gasteiger partial charge on any atom is 0.408 e. The predicted molar refractivity (Wildman–Crippen MR) is 64.6 cm³/mol. The number of amides is 1. The Hall–Kier alpha value is -1.52. The maximum absolute atomic E-state index is 11.5. The highest BCUT2D eigenvalue weighted by Crippen LogP contribution is 2.08. The van der Waals surface area contributed by atoms with Crippen LogP contribution in [0, 0.1) is 0 Å². The van der Waals surface area contributed by atoms with E-state index in [0.29, 0.717) is 0 Å². The number of alkyl carbamates (subject to hydrolysis) is 1. The van der Waals surface area contributed by atoms with E-state index in [1.807, 2.05) is 0 Å². The van der Waals surface area contributed by atoms with Crippen LogP contribution in [0.2, 0.25) is 0 Å². The molecule has 0 spiro atoms. The monoisotopic (exact) mass is 243 g/mol. The van der Waals surface area contributed by atoms with Crippen molar-refractivity contribution in [2.24, 2.45) is 0 Å². The van der Waals surface area contributed by atoms with Crippen molar-refractivity contribution in [1.29, 1.82) is 0 Å². The molecule has 1 amide bonds. The summed E-state index contributed by atoms with van der Waals surface area (Å²) in [5.41, 5.74) is -0.561. The SMILES string of the molecule is C=C[C@H](OC(C)=O)[C@H](C)NC(=O)OC(C)(C)C. The molecule has 0 aliphatic carbocycles. The molecular formula is C12H21NO4. The van der Waals surface area contributed by atoms with E-state index in [9.17, 15) is 9.59 Å². The quantitative estimate of drug-likeness (QED) is 0.606. The Balaban J connectivity index is 4.31. The van der Waals surface area contributed by atoms with Crippen molar-refractivity contribution < 1.29 is 19.1 Å². The minimum atomic E-state index is -0.569. The minimum Gasteiger partial charge on any atom is -0.456 e. The average Bonchev–Trinajstić information content (AvgIpc) is 2.10. The van der Waals surface area contributed by atoms with Gasteiger partial charge in [-0.3, -0.25) is 4.79 Å². The first-order chi connectivity index (χ1) is 7.65. The lowest BCUT2D eigenvalue weighted by molar-refractivity contribution is -0.145. The highest BCUT2D eigenvalue weighted by Gasteiger charge is 2.22. The summed E-state index contributed by atoms with van der Waals surface area (Å²) >= 11 is 0. The molecule has 0 fully saturated rings. The van der Waals surface area contributed by atoms with Crippen LogP contribution in [0.3, 0.4) is 0 Å². The number of hydrogen-bond donors (Lipinski definition) is 1. The maximum atomic E-state index is 11.5. The van der Waals surface area contributed by atoms with Crippen LogP contribution in [0.25, 0.3) is 0 Å². The van der Waals surface area contributed by atoms with Crippen LogP contribution in [0.5, 0.6) is 0 Å². The van der Waals surface area contributed by atoms with Crippen LogP contribution in [-0.4, -0.2) is 29.8 Å². The molecule has 0 aliphatic rings. The van der Waals surface area contributed by atoms with Gasteiger partial charge in [0.25, 0.3) is 0 Å². The number of esters is 1. The molecule has 98 valence electrons. The van der Waals surface area contributed by atoms with E-state index >= 15 is 0 Å². The summed E-state index contributed by atoms with van der Waals surface area (Å²) in [5, 5.41) is 2.58. The highest BCUT2D eigenvalue weighted by atomic mass is 16.6. The average molecular weight is 243 g/mol. The summed E-state index contributed by atoms with van der Waals surface area (Å²) < 4.78 is 10.0. The van der Waals surface area contributed by atoms with Gasteiger partial charge in [-0.15, -0.1) is 0 Å². The van der Waals surface area contributed by atoms with Crippen LogP contribution < -0.4 is 5.32 Å². The van der Waals surface area contributed by atoms with Crippen molar-refractivity contribution >= 4 is 12.1 Å². The molecule has 0 aromatic heterocycles. The fourth-order valence-corrected chi connectivity index (χ4v) is 1.12. The Labute approximate surface area is 102 Å². The summed E-state index contributed by atoms with van der Waals surface area (Å²) in [6.07, 6.45) is 0.340. The Kier molecular flexibility index (Phi) is 5.71. The molecule has 0 bridgehead atoms. The normalized spacial score (nSPS) is 14.4. The molecule has 0 heterocycles. The molecule has 0 aromatic rings. The molecule has 0 saturated heterocycles.